The van der Waals surface area contributed by atoms with Crippen LogP contribution in [0.3, 0.4) is 0 Å². The molecule has 2 aromatic heterocycles. The minimum absolute atomic E-state index is 0.306. The molecule has 0 atom stereocenters. The molecule has 0 fully saturated rings. The number of hydrogen-bond donors (Lipinski definition) is 1. The second kappa shape index (κ2) is 9.36. The molecule has 6 rings (SSSR count). The molecule has 0 bridgehead atoms. The molecule has 2 heterocycles. The zero-order valence-electron chi connectivity index (χ0n) is 20.5. The van der Waals surface area contributed by atoms with Crippen LogP contribution in [-0.2, 0) is 13.1 Å². The van der Waals surface area contributed by atoms with Crippen LogP contribution in [0.2, 0.25) is 0 Å². The Morgan fingerprint density at radius 2 is 1.30 bits per heavy atom. The summed E-state index contributed by atoms with van der Waals surface area (Å²) in [6.07, 6.45) is 4.20. The fourth-order valence-electron chi connectivity index (χ4n) is 4.93. The van der Waals surface area contributed by atoms with Crippen molar-refractivity contribution in [3.63, 3.8) is 0 Å². The summed E-state index contributed by atoms with van der Waals surface area (Å²) in [6, 6.07) is 32.7. The Balaban J connectivity index is 1.33. The molecule has 182 valence electrons. The lowest BCUT2D eigenvalue weighted by molar-refractivity contribution is 0.0696. The number of aromatic carboxylic acids is 1. The summed E-state index contributed by atoms with van der Waals surface area (Å²) < 4.78 is 9.73. The minimum Gasteiger partial charge on any atom is -0.497 e. The Kier molecular flexibility index (Phi) is 5.73. The summed E-state index contributed by atoms with van der Waals surface area (Å²) >= 11 is 0. The molecule has 0 unspecified atom stereocenters. The molecule has 0 radical (unpaired) electrons. The number of ether oxygens (including phenoxy) is 1. The van der Waals surface area contributed by atoms with Gasteiger partial charge < -0.3 is 19.0 Å². The Morgan fingerprint density at radius 3 is 1.86 bits per heavy atom. The maximum Gasteiger partial charge on any atom is 0.335 e. The second-order valence-corrected chi connectivity index (χ2v) is 9.29. The highest BCUT2D eigenvalue weighted by molar-refractivity contribution is 5.90. The van der Waals surface area contributed by atoms with Crippen molar-refractivity contribution in [1.82, 2.24) is 9.13 Å². The van der Waals surface area contributed by atoms with Crippen LogP contribution < -0.4 is 4.74 Å². The van der Waals surface area contributed by atoms with E-state index in [-0.39, 0.29) is 0 Å². The molecule has 1 N–H and O–H groups in total. The van der Waals surface area contributed by atoms with Crippen molar-refractivity contribution < 1.29 is 14.6 Å². The van der Waals surface area contributed by atoms with E-state index in [2.05, 4.69) is 82.2 Å². The van der Waals surface area contributed by atoms with Gasteiger partial charge in [-0.15, -0.1) is 0 Å². The molecular formula is C32H26N2O3. The van der Waals surface area contributed by atoms with Gasteiger partial charge in [0.1, 0.15) is 5.75 Å². The van der Waals surface area contributed by atoms with Crippen molar-refractivity contribution in [3.8, 4) is 16.9 Å². The van der Waals surface area contributed by atoms with Gasteiger partial charge >= 0.3 is 5.97 Å². The zero-order chi connectivity index (χ0) is 25.4. The van der Waals surface area contributed by atoms with Gasteiger partial charge in [0, 0.05) is 36.5 Å². The van der Waals surface area contributed by atoms with Crippen LogP contribution in [0.4, 0.5) is 0 Å². The summed E-state index contributed by atoms with van der Waals surface area (Å²) in [4.78, 5) is 11.4. The van der Waals surface area contributed by atoms with E-state index in [1.54, 1.807) is 25.3 Å². The molecule has 5 nitrogen and oxygen atoms in total. The van der Waals surface area contributed by atoms with Crippen molar-refractivity contribution >= 4 is 27.8 Å². The van der Waals surface area contributed by atoms with E-state index in [0.717, 1.165) is 39.9 Å². The summed E-state index contributed by atoms with van der Waals surface area (Å²) in [6.45, 7) is 1.39. The molecule has 0 amide bonds. The number of carboxylic acid groups (broad SMARTS) is 1. The third-order valence-electron chi connectivity index (χ3n) is 6.92. The third-order valence-corrected chi connectivity index (χ3v) is 6.92. The Hall–Kier alpha value is -4.77. The predicted octanol–water partition coefficient (Wildman–Crippen LogP) is 7.07. The van der Waals surface area contributed by atoms with Crippen molar-refractivity contribution in [2.75, 3.05) is 7.11 Å². The first-order valence-corrected chi connectivity index (χ1v) is 12.2. The fourth-order valence-corrected chi connectivity index (χ4v) is 4.93. The largest absolute Gasteiger partial charge is 0.497 e. The smallest absolute Gasteiger partial charge is 0.335 e. The van der Waals surface area contributed by atoms with Crippen LogP contribution in [0.1, 0.15) is 21.5 Å². The molecule has 6 aromatic rings. The maximum atomic E-state index is 11.4. The van der Waals surface area contributed by atoms with Gasteiger partial charge in [-0.1, -0.05) is 48.5 Å². The number of benzene rings is 4. The first kappa shape index (κ1) is 22.7. The first-order valence-electron chi connectivity index (χ1n) is 12.2. The highest BCUT2D eigenvalue weighted by Gasteiger charge is 2.09. The van der Waals surface area contributed by atoms with E-state index in [4.69, 9.17) is 4.74 Å². The van der Waals surface area contributed by atoms with Gasteiger partial charge in [0.05, 0.1) is 12.7 Å². The van der Waals surface area contributed by atoms with Crippen LogP contribution in [0.15, 0.2) is 109 Å². The van der Waals surface area contributed by atoms with Gasteiger partial charge in [-0.25, -0.2) is 4.79 Å². The quantitative estimate of drug-likeness (QED) is 0.263. The molecule has 0 saturated heterocycles. The van der Waals surface area contributed by atoms with E-state index in [1.165, 1.54) is 16.5 Å². The van der Waals surface area contributed by atoms with Gasteiger partial charge in [0.15, 0.2) is 0 Å². The zero-order valence-corrected chi connectivity index (χ0v) is 20.5. The Morgan fingerprint density at radius 1 is 0.703 bits per heavy atom. The molecule has 0 saturated carbocycles. The topological polar surface area (TPSA) is 56.4 Å². The summed E-state index contributed by atoms with van der Waals surface area (Å²) in [7, 11) is 1.68. The highest BCUT2D eigenvalue weighted by atomic mass is 16.5. The van der Waals surface area contributed by atoms with Crippen LogP contribution in [0, 0.1) is 0 Å². The number of nitrogens with zero attached hydrogens (tertiary/aromatic N) is 2. The van der Waals surface area contributed by atoms with Gasteiger partial charge in [0.25, 0.3) is 0 Å². The Labute approximate surface area is 214 Å². The average molecular weight is 487 g/mol. The maximum absolute atomic E-state index is 11.4. The average Bonchev–Trinajstić information content (AvgIpc) is 3.52. The highest BCUT2D eigenvalue weighted by Crippen LogP contribution is 2.29. The van der Waals surface area contributed by atoms with Crippen molar-refractivity contribution in [3.05, 3.63) is 126 Å². The lowest BCUT2D eigenvalue weighted by Crippen LogP contribution is -2.01. The predicted molar refractivity (Wildman–Crippen MR) is 147 cm³/mol. The third kappa shape index (κ3) is 4.47. The molecule has 5 heteroatoms. The van der Waals surface area contributed by atoms with Crippen LogP contribution >= 0.6 is 0 Å². The normalized spacial score (nSPS) is 11.3. The minimum atomic E-state index is -0.909. The number of carbonyl (C=O) groups is 1. The van der Waals surface area contributed by atoms with E-state index in [1.807, 2.05) is 18.2 Å². The standard InChI is InChI=1S/C32H26N2O3/c1-37-29-11-5-22(6-12-29)20-33-15-13-24-7-9-26(18-30(24)33)27-10-8-25-14-16-34(31(25)19-27)21-23-3-2-4-28(17-23)32(35)36/h2-19H,20-21H2,1H3,(H,35,36). The molecule has 4 aromatic carbocycles. The molecule has 37 heavy (non-hydrogen) atoms. The van der Waals surface area contributed by atoms with Gasteiger partial charge in [-0.05, 0) is 81.6 Å². The number of fused-ring (bicyclic) bond motifs is 2. The first-order chi connectivity index (χ1) is 18.1. The van der Waals surface area contributed by atoms with Crippen LogP contribution in [0.5, 0.6) is 5.75 Å². The summed E-state index contributed by atoms with van der Waals surface area (Å²) in [5, 5.41) is 11.7. The van der Waals surface area contributed by atoms with Gasteiger partial charge in [-0.3, -0.25) is 0 Å². The Bertz CT molecular complexity index is 1740. The van der Waals surface area contributed by atoms with Crippen molar-refractivity contribution in [2.24, 2.45) is 0 Å². The molecule has 0 aliphatic carbocycles. The number of rotatable bonds is 7. The second-order valence-electron chi connectivity index (χ2n) is 9.29. The number of methoxy groups -OCH3 is 1. The molecule has 0 spiro atoms. The van der Waals surface area contributed by atoms with Crippen LogP contribution in [-0.4, -0.2) is 27.3 Å². The molecule has 0 aliphatic rings. The van der Waals surface area contributed by atoms with E-state index >= 15 is 0 Å². The number of carboxylic acids is 1. The van der Waals surface area contributed by atoms with Crippen molar-refractivity contribution in [2.45, 2.75) is 13.1 Å². The van der Waals surface area contributed by atoms with Gasteiger partial charge in [0.2, 0.25) is 0 Å². The van der Waals surface area contributed by atoms with Gasteiger partial charge in [-0.2, -0.15) is 0 Å². The molecule has 0 aliphatic heterocycles. The van der Waals surface area contributed by atoms with E-state index in [0.29, 0.717) is 12.1 Å². The lowest BCUT2D eigenvalue weighted by atomic mass is 10.0. The molecular weight excluding hydrogens is 460 g/mol. The summed E-state index contributed by atoms with van der Waals surface area (Å²) in [5.41, 5.74) is 7.09. The fraction of sp³-hybridized carbons (Fsp3) is 0.0938. The lowest BCUT2D eigenvalue weighted by Gasteiger charge is -2.10. The summed E-state index contributed by atoms with van der Waals surface area (Å²) in [5.74, 6) is -0.0493. The number of aromatic nitrogens is 2. The van der Waals surface area contributed by atoms with Crippen LogP contribution in [0.25, 0.3) is 32.9 Å². The van der Waals surface area contributed by atoms with Crippen molar-refractivity contribution in [1.29, 1.82) is 0 Å². The number of hydrogen-bond acceptors (Lipinski definition) is 2. The SMILES string of the molecule is COc1ccc(Cn2ccc3ccc(-c4ccc5ccn(Cc6cccc(C(=O)O)c6)c5c4)cc32)cc1. The van der Waals surface area contributed by atoms with E-state index in [9.17, 15) is 9.90 Å². The van der Waals surface area contributed by atoms with E-state index < -0.39 is 5.97 Å². The monoisotopic (exact) mass is 486 g/mol.